The van der Waals surface area contributed by atoms with E-state index in [2.05, 4.69) is 43.1 Å². The topological polar surface area (TPSA) is 29.3 Å². The molecule has 0 radical (unpaired) electrons. The Labute approximate surface area is 111 Å². The van der Waals surface area contributed by atoms with Gasteiger partial charge in [0, 0.05) is 0 Å². The molecule has 0 aromatic heterocycles. The van der Waals surface area contributed by atoms with Gasteiger partial charge in [-0.3, -0.25) is 0 Å². The molecule has 1 aromatic carbocycles. The van der Waals surface area contributed by atoms with Crippen molar-refractivity contribution in [2.24, 2.45) is 5.73 Å². The molecule has 0 bridgehead atoms. The van der Waals surface area contributed by atoms with Crippen molar-refractivity contribution >= 4 is 0 Å². The first-order valence-electron chi connectivity index (χ1n) is 7.19. The molecule has 1 aliphatic heterocycles. The molecule has 1 heterocycles. The van der Waals surface area contributed by atoms with E-state index in [0.717, 1.165) is 12.5 Å². The van der Waals surface area contributed by atoms with Crippen molar-refractivity contribution in [3.8, 4) is 0 Å². The second kappa shape index (κ2) is 6.35. The molecule has 2 rings (SSSR count). The summed E-state index contributed by atoms with van der Waals surface area (Å²) in [5, 5.41) is 0. The van der Waals surface area contributed by atoms with Crippen molar-refractivity contribution in [1.29, 1.82) is 0 Å². The highest BCUT2D eigenvalue weighted by Crippen LogP contribution is 2.28. The third-order valence-electron chi connectivity index (χ3n) is 4.28. The Balaban J connectivity index is 2.04. The summed E-state index contributed by atoms with van der Waals surface area (Å²) in [6.45, 7) is 5.40. The third kappa shape index (κ3) is 3.33. The number of hydrogen-bond donors (Lipinski definition) is 1. The van der Waals surface area contributed by atoms with Gasteiger partial charge in [0.2, 0.25) is 0 Å². The van der Waals surface area contributed by atoms with E-state index in [0.29, 0.717) is 5.92 Å². The van der Waals surface area contributed by atoms with Crippen LogP contribution in [-0.2, 0) is 0 Å². The zero-order chi connectivity index (χ0) is 13.0. The van der Waals surface area contributed by atoms with Crippen molar-refractivity contribution in [3.63, 3.8) is 0 Å². The van der Waals surface area contributed by atoms with Gasteiger partial charge in [0.1, 0.15) is 0 Å². The van der Waals surface area contributed by atoms with E-state index in [1.54, 1.807) is 0 Å². The van der Waals surface area contributed by atoms with E-state index in [9.17, 15) is 0 Å². The van der Waals surface area contributed by atoms with E-state index < -0.39 is 0 Å². The lowest BCUT2D eigenvalue weighted by molar-refractivity contribution is 0.347. The van der Waals surface area contributed by atoms with Gasteiger partial charge in [-0.25, -0.2) is 0 Å². The van der Waals surface area contributed by atoms with Gasteiger partial charge in [0.25, 0.3) is 0 Å². The molecular formula is C16H26N2. The normalized spacial score (nSPS) is 23.6. The minimum atomic E-state index is 0.472. The molecule has 1 aliphatic rings. The molecule has 2 heteroatoms. The molecule has 0 saturated carbocycles. The minimum Gasteiger partial charge on any atom is -0.330 e. The van der Waals surface area contributed by atoms with Crippen LogP contribution in [0.25, 0.3) is 0 Å². The predicted octanol–water partition coefficient (Wildman–Crippen LogP) is 2.95. The quantitative estimate of drug-likeness (QED) is 0.888. The van der Waals surface area contributed by atoms with Gasteiger partial charge in [-0.15, -0.1) is 0 Å². The number of benzene rings is 1. The van der Waals surface area contributed by atoms with E-state index in [4.69, 9.17) is 5.73 Å². The van der Waals surface area contributed by atoms with Gasteiger partial charge in [-0.1, -0.05) is 31.2 Å². The standard InChI is InChI=1S/C16H26N2/c1-13(12-17)14-5-7-16(8-6-14)15-4-3-10-18(2)11-9-15/h5-8,13,15H,3-4,9-12,17H2,1-2H3. The summed E-state index contributed by atoms with van der Waals surface area (Å²) in [7, 11) is 2.23. The second-order valence-electron chi connectivity index (χ2n) is 5.73. The molecule has 100 valence electrons. The maximum atomic E-state index is 5.72. The minimum absolute atomic E-state index is 0.472. The van der Waals surface area contributed by atoms with E-state index in [-0.39, 0.29) is 0 Å². The molecule has 2 nitrogen and oxygen atoms in total. The van der Waals surface area contributed by atoms with Gasteiger partial charge in [0.05, 0.1) is 0 Å². The van der Waals surface area contributed by atoms with Crippen LogP contribution in [0.2, 0.25) is 0 Å². The summed E-state index contributed by atoms with van der Waals surface area (Å²) in [5.74, 6) is 1.22. The highest BCUT2D eigenvalue weighted by atomic mass is 15.1. The summed E-state index contributed by atoms with van der Waals surface area (Å²) >= 11 is 0. The fourth-order valence-corrected chi connectivity index (χ4v) is 2.81. The molecule has 0 spiro atoms. The summed E-state index contributed by atoms with van der Waals surface area (Å²) in [6, 6.07) is 9.16. The fourth-order valence-electron chi connectivity index (χ4n) is 2.81. The van der Waals surface area contributed by atoms with Crippen LogP contribution >= 0.6 is 0 Å². The molecule has 0 aliphatic carbocycles. The molecule has 1 fully saturated rings. The maximum Gasteiger partial charge on any atom is -0.00109 e. The van der Waals surface area contributed by atoms with E-state index >= 15 is 0 Å². The molecular weight excluding hydrogens is 220 g/mol. The Bertz CT molecular complexity index is 358. The molecule has 18 heavy (non-hydrogen) atoms. The lowest BCUT2D eigenvalue weighted by Crippen LogP contribution is -2.18. The Hall–Kier alpha value is -0.860. The molecule has 2 unspecified atom stereocenters. The number of rotatable bonds is 3. The lowest BCUT2D eigenvalue weighted by Gasteiger charge is -2.16. The van der Waals surface area contributed by atoms with Gasteiger partial charge in [-0.05, 0) is 68.9 Å². The van der Waals surface area contributed by atoms with Crippen LogP contribution in [0.4, 0.5) is 0 Å². The maximum absolute atomic E-state index is 5.72. The van der Waals surface area contributed by atoms with Crippen LogP contribution in [0.15, 0.2) is 24.3 Å². The fraction of sp³-hybridized carbons (Fsp3) is 0.625. The van der Waals surface area contributed by atoms with Gasteiger partial charge < -0.3 is 10.6 Å². The molecule has 1 aromatic rings. The zero-order valence-corrected chi connectivity index (χ0v) is 11.7. The van der Waals surface area contributed by atoms with Crippen LogP contribution in [0.1, 0.15) is 49.1 Å². The SMILES string of the molecule is CC(CN)c1ccc(C2CCCN(C)CC2)cc1. The number of likely N-dealkylation sites (tertiary alicyclic amines) is 1. The number of nitrogens with zero attached hydrogens (tertiary/aromatic N) is 1. The number of nitrogens with two attached hydrogens (primary N) is 1. The smallest absolute Gasteiger partial charge is 0.00109 e. The van der Waals surface area contributed by atoms with Gasteiger partial charge in [-0.2, -0.15) is 0 Å². The third-order valence-corrected chi connectivity index (χ3v) is 4.28. The molecule has 2 N–H and O–H groups in total. The van der Waals surface area contributed by atoms with Crippen LogP contribution in [0, 0.1) is 0 Å². The average Bonchev–Trinajstić information content (AvgIpc) is 2.63. The zero-order valence-electron chi connectivity index (χ0n) is 11.7. The number of hydrogen-bond acceptors (Lipinski definition) is 2. The van der Waals surface area contributed by atoms with Crippen LogP contribution in [-0.4, -0.2) is 31.6 Å². The van der Waals surface area contributed by atoms with Crippen LogP contribution in [0.5, 0.6) is 0 Å². The summed E-state index contributed by atoms with van der Waals surface area (Å²) < 4.78 is 0. The Morgan fingerprint density at radius 1 is 1.22 bits per heavy atom. The summed E-state index contributed by atoms with van der Waals surface area (Å²) in [5.41, 5.74) is 8.60. The summed E-state index contributed by atoms with van der Waals surface area (Å²) in [4.78, 5) is 2.45. The summed E-state index contributed by atoms with van der Waals surface area (Å²) in [6.07, 6.45) is 3.94. The molecule has 1 saturated heterocycles. The first-order chi connectivity index (χ1) is 8.70. The van der Waals surface area contributed by atoms with Crippen molar-refractivity contribution in [1.82, 2.24) is 4.90 Å². The van der Waals surface area contributed by atoms with Gasteiger partial charge in [0.15, 0.2) is 0 Å². The van der Waals surface area contributed by atoms with Crippen molar-refractivity contribution in [2.75, 3.05) is 26.7 Å². The molecule has 0 amide bonds. The van der Waals surface area contributed by atoms with Crippen molar-refractivity contribution in [2.45, 2.75) is 38.0 Å². The lowest BCUT2D eigenvalue weighted by atomic mass is 9.90. The predicted molar refractivity (Wildman–Crippen MR) is 78.0 cm³/mol. The van der Waals surface area contributed by atoms with Crippen LogP contribution < -0.4 is 5.73 Å². The van der Waals surface area contributed by atoms with Crippen LogP contribution in [0.3, 0.4) is 0 Å². The average molecular weight is 246 g/mol. The monoisotopic (exact) mass is 246 g/mol. The van der Waals surface area contributed by atoms with E-state index in [1.807, 2.05) is 0 Å². The highest BCUT2D eigenvalue weighted by molar-refractivity contribution is 5.27. The van der Waals surface area contributed by atoms with E-state index in [1.165, 1.54) is 43.5 Å². The Kier molecular flexibility index (Phi) is 4.79. The first kappa shape index (κ1) is 13.6. The molecule has 2 atom stereocenters. The second-order valence-corrected chi connectivity index (χ2v) is 5.73. The van der Waals surface area contributed by atoms with Gasteiger partial charge >= 0.3 is 0 Å². The highest BCUT2D eigenvalue weighted by Gasteiger charge is 2.16. The largest absolute Gasteiger partial charge is 0.330 e. The first-order valence-corrected chi connectivity index (χ1v) is 7.19. The van der Waals surface area contributed by atoms with Crippen molar-refractivity contribution < 1.29 is 0 Å². The Morgan fingerprint density at radius 3 is 2.61 bits per heavy atom. The van der Waals surface area contributed by atoms with Crippen molar-refractivity contribution in [3.05, 3.63) is 35.4 Å². The Morgan fingerprint density at radius 2 is 1.94 bits per heavy atom.